The zero-order valence-corrected chi connectivity index (χ0v) is 49.9. The molecule has 0 N–H and O–H groups in total. The monoisotopic (exact) mass is 1120 g/mol. The summed E-state index contributed by atoms with van der Waals surface area (Å²) >= 11 is 3.75. The van der Waals surface area contributed by atoms with Crippen molar-refractivity contribution in [2.24, 2.45) is 0 Å². The molecule has 0 fully saturated rings. The highest BCUT2D eigenvalue weighted by atomic mass is 32.1. The fraction of sp³-hybridized carbons (Fsp3) is 0.100. The van der Waals surface area contributed by atoms with Gasteiger partial charge in [0.15, 0.2) is 0 Å². The number of fused-ring (bicyclic) bond motifs is 18. The molecule has 408 valence electrons. The van der Waals surface area contributed by atoms with E-state index in [2.05, 4.69) is 254 Å². The maximum absolute atomic E-state index is 5.73. The standard InChI is InChI=1S/2C14H12.2C13H10O.2C13H10S/c1-10-6-7-14-12(8-10)9-11-4-2-3-5-13(11)14;1-10-6-7-12-9-11-4-2-3-5-13(11)14(12)8-10;1-9-6-7-13-11(8-9)10-4-2-3-5-12(10)14-13;1-9-6-7-11-10-4-2-3-5-12(10)14-13(11)8-9;1-9-6-7-13-11(8-9)10-4-2-3-5-12(10)14-13;1-9-6-7-11-10-4-2-3-5-12(10)14-13(11)8-9/h2*2-8H,9H2,1H3;4*2-8H,1H3. The molecular weight excluding hydrogens is 1060 g/mol. The summed E-state index contributed by atoms with van der Waals surface area (Å²) in [6.45, 7) is 12.8. The van der Waals surface area contributed by atoms with Crippen LogP contribution in [-0.2, 0) is 12.8 Å². The average Bonchev–Trinajstić information content (AvgIpc) is 4.52. The summed E-state index contributed by atoms with van der Waals surface area (Å²) in [4.78, 5) is 0. The van der Waals surface area contributed by atoms with Crippen LogP contribution in [0.1, 0.15) is 55.6 Å². The van der Waals surface area contributed by atoms with Crippen molar-refractivity contribution < 1.29 is 8.83 Å². The molecule has 2 aliphatic carbocycles. The molecule has 0 aliphatic heterocycles. The Labute approximate surface area is 499 Å². The van der Waals surface area contributed by atoms with Gasteiger partial charge in [0, 0.05) is 61.9 Å². The van der Waals surface area contributed by atoms with Gasteiger partial charge >= 0.3 is 0 Å². The van der Waals surface area contributed by atoms with Crippen molar-refractivity contribution in [3.63, 3.8) is 0 Å². The van der Waals surface area contributed by atoms with Gasteiger partial charge in [-0.2, -0.15) is 0 Å². The Kier molecular flexibility index (Phi) is 15.1. The number of hydrogen-bond acceptors (Lipinski definition) is 4. The quantitative estimate of drug-likeness (QED) is 0.151. The SMILES string of the molecule is Cc1ccc2c(c1)-c1ccccc1C2.Cc1ccc2c(c1)Cc1ccccc1-2.Cc1ccc2c(c1)oc1ccccc12.Cc1ccc2c(c1)sc1ccccc12.Cc1ccc2oc3ccccc3c2c1.Cc1ccc2sc3ccccc3c2c1. The number of rotatable bonds is 0. The molecule has 16 aromatic rings. The summed E-state index contributed by atoms with van der Waals surface area (Å²) in [5.41, 5.74) is 23.3. The molecule has 0 unspecified atom stereocenters. The number of thiophene rings is 2. The molecule has 0 amide bonds. The van der Waals surface area contributed by atoms with Crippen molar-refractivity contribution in [1.82, 2.24) is 0 Å². The average molecular weight is 1120 g/mol. The Hall–Kier alpha value is -9.32. The van der Waals surface area contributed by atoms with E-state index in [9.17, 15) is 0 Å². The fourth-order valence-corrected chi connectivity index (χ4v) is 14.1. The van der Waals surface area contributed by atoms with Crippen LogP contribution in [0, 0.1) is 41.5 Å². The minimum atomic E-state index is 0.966. The topological polar surface area (TPSA) is 26.3 Å². The second-order valence-corrected chi connectivity index (χ2v) is 24.5. The molecule has 2 nitrogen and oxygen atoms in total. The van der Waals surface area contributed by atoms with Crippen LogP contribution in [0.2, 0.25) is 0 Å². The number of benzene rings is 12. The van der Waals surface area contributed by atoms with Crippen LogP contribution >= 0.6 is 22.7 Å². The van der Waals surface area contributed by atoms with Crippen LogP contribution in [0.5, 0.6) is 0 Å². The van der Waals surface area contributed by atoms with Crippen LogP contribution in [0.4, 0.5) is 0 Å². The lowest BCUT2D eigenvalue weighted by atomic mass is 10.0. The first-order chi connectivity index (χ1) is 41.1. The van der Waals surface area contributed by atoms with E-state index in [4.69, 9.17) is 8.83 Å². The number of aryl methyl sites for hydroxylation is 6. The van der Waals surface area contributed by atoms with Gasteiger partial charge in [-0.05, 0) is 171 Å². The van der Waals surface area contributed by atoms with Crippen LogP contribution in [0.15, 0.2) is 264 Å². The van der Waals surface area contributed by atoms with Crippen molar-refractivity contribution >= 4 is 107 Å². The van der Waals surface area contributed by atoms with E-state index in [1.807, 2.05) is 65.1 Å². The second-order valence-electron chi connectivity index (χ2n) is 22.4. The first-order valence-corrected chi connectivity index (χ1v) is 30.6. The fourth-order valence-electron chi connectivity index (χ4n) is 11.9. The molecule has 4 heteroatoms. The summed E-state index contributed by atoms with van der Waals surface area (Å²) in [7, 11) is 0. The zero-order chi connectivity index (χ0) is 57.3. The Morgan fingerprint density at radius 2 is 0.619 bits per heavy atom. The van der Waals surface area contributed by atoms with E-state index in [-0.39, 0.29) is 0 Å². The van der Waals surface area contributed by atoms with Gasteiger partial charge in [0.25, 0.3) is 0 Å². The van der Waals surface area contributed by atoms with Crippen molar-refractivity contribution in [2.75, 3.05) is 0 Å². The molecule has 0 radical (unpaired) electrons. The first kappa shape index (κ1) is 54.0. The van der Waals surface area contributed by atoms with E-state index in [1.54, 1.807) is 0 Å². The van der Waals surface area contributed by atoms with Crippen molar-refractivity contribution in [1.29, 1.82) is 0 Å². The summed E-state index contributed by atoms with van der Waals surface area (Å²) in [6.07, 6.45) is 2.21. The highest BCUT2D eigenvalue weighted by molar-refractivity contribution is 7.26. The molecule has 0 spiro atoms. The van der Waals surface area contributed by atoms with Gasteiger partial charge in [-0.1, -0.05) is 216 Å². The number of hydrogen-bond donors (Lipinski definition) is 0. The Bertz CT molecular complexity index is 4820. The van der Waals surface area contributed by atoms with Gasteiger partial charge in [-0.3, -0.25) is 0 Å². The predicted molar refractivity (Wildman–Crippen MR) is 364 cm³/mol. The molecule has 2 aliphatic rings. The lowest BCUT2D eigenvalue weighted by Gasteiger charge is -2.01. The van der Waals surface area contributed by atoms with Crippen LogP contribution < -0.4 is 0 Å². The third-order valence-electron chi connectivity index (χ3n) is 16.0. The zero-order valence-electron chi connectivity index (χ0n) is 48.3. The lowest BCUT2D eigenvalue weighted by molar-refractivity contribution is 0.668. The lowest BCUT2D eigenvalue weighted by Crippen LogP contribution is -1.80. The van der Waals surface area contributed by atoms with Gasteiger partial charge < -0.3 is 8.83 Å². The third-order valence-corrected chi connectivity index (χ3v) is 18.3. The minimum absolute atomic E-state index is 0.966. The summed E-state index contributed by atoms with van der Waals surface area (Å²) in [5.74, 6) is 0. The van der Waals surface area contributed by atoms with Gasteiger partial charge in [0.1, 0.15) is 22.3 Å². The van der Waals surface area contributed by atoms with E-state index < -0.39 is 0 Å². The molecule has 0 bridgehead atoms. The highest BCUT2D eigenvalue weighted by Crippen LogP contribution is 2.39. The molecule has 0 saturated heterocycles. The Morgan fingerprint density at radius 3 is 1.33 bits per heavy atom. The molecule has 0 atom stereocenters. The normalized spacial score (nSPS) is 11.6. The summed E-state index contributed by atoms with van der Waals surface area (Å²) in [5, 5.41) is 10.4. The van der Waals surface area contributed by atoms with E-state index in [0.717, 1.165) is 35.2 Å². The van der Waals surface area contributed by atoms with Crippen LogP contribution in [-0.4, -0.2) is 0 Å². The van der Waals surface area contributed by atoms with Crippen molar-refractivity contribution in [3.8, 4) is 22.3 Å². The Balaban J connectivity index is 0.0000000940. The van der Waals surface area contributed by atoms with Gasteiger partial charge in [-0.25, -0.2) is 0 Å². The smallest absolute Gasteiger partial charge is 0.135 e. The summed E-state index contributed by atoms with van der Waals surface area (Å²) in [6, 6.07) is 90.3. The first-order valence-electron chi connectivity index (χ1n) is 28.9. The minimum Gasteiger partial charge on any atom is -0.456 e. The second kappa shape index (κ2) is 23.5. The summed E-state index contributed by atoms with van der Waals surface area (Å²) < 4.78 is 17.0. The van der Waals surface area contributed by atoms with Crippen molar-refractivity contribution in [3.05, 3.63) is 310 Å². The van der Waals surface area contributed by atoms with Gasteiger partial charge in [0.2, 0.25) is 0 Å². The van der Waals surface area contributed by atoms with Gasteiger partial charge in [-0.15, -0.1) is 22.7 Å². The maximum atomic E-state index is 5.73. The van der Waals surface area contributed by atoms with E-state index in [0.29, 0.717) is 0 Å². The number of para-hydroxylation sites is 2. The molecule has 4 heterocycles. The Morgan fingerprint density at radius 1 is 0.226 bits per heavy atom. The molecule has 12 aromatic carbocycles. The maximum Gasteiger partial charge on any atom is 0.135 e. The van der Waals surface area contributed by atoms with Crippen LogP contribution in [0.25, 0.3) is 106 Å². The largest absolute Gasteiger partial charge is 0.456 e. The molecule has 18 rings (SSSR count). The molecule has 0 saturated carbocycles. The number of furan rings is 2. The van der Waals surface area contributed by atoms with Gasteiger partial charge in [0.05, 0.1) is 0 Å². The van der Waals surface area contributed by atoms with Crippen LogP contribution in [0.3, 0.4) is 0 Å². The molecule has 84 heavy (non-hydrogen) atoms. The molecule has 4 aromatic heterocycles. The molecular formula is C80H64O2S2. The highest BCUT2D eigenvalue weighted by Gasteiger charge is 2.18. The predicted octanol–water partition coefficient (Wildman–Crippen LogP) is 23.6. The third kappa shape index (κ3) is 11.2. The van der Waals surface area contributed by atoms with E-state index >= 15 is 0 Å². The van der Waals surface area contributed by atoms with E-state index in [1.165, 1.54) is 140 Å². The van der Waals surface area contributed by atoms with Crippen molar-refractivity contribution in [2.45, 2.75) is 54.4 Å².